The molecule has 2 aromatic carbocycles. The predicted octanol–water partition coefficient (Wildman–Crippen LogP) is 2.65. The number of anilines is 1. The molecule has 1 fully saturated rings. The van der Waals surface area contributed by atoms with Gasteiger partial charge in [0.2, 0.25) is 0 Å². The molecule has 1 aliphatic rings. The fraction of sp³-hybridized carbons (Fsp3) is 0.286. The van der Waals surface area contributed by atoms with Crippen molar-refractivity contribution < 1.29 is 24.2 Å². The second-order valence-corrected chi connectivity index (χ2v) is 6.75. The molecule has 7 heteroatoms. The molecule has 2 aromatic rings. The summed E-state index contributed by atoms with van der Waals surface area (Å²) in [6.07, 6.45) is 0.953. The first kappa shape index (κ1) is 19.6. The van der Waals surface area contributed by atoms with Gasteiger partial charge >= 0.3 is 5.97 Å². The molecule has 1 saturated heterocycles. The number of benzene rings is 2. The second kappa shape index (κ2) is 8.67. The Bertz CT molecular complexity index is 873. The van der Waals surface area contributed by atoms with E-state index in [-0.39, 0.29) is 5.91 Å². The minimum atomic E-state index is -1.11. The van der Waals surface area contributed by atoms with E-state index in [9.17, 15) is 14.4 Å². The van der Waals surface area contributed by atoms with Crippen LogP contribution in [0.5, 0.6) is 0 Å². The molecular weight excluding hydrogens is 360 g/mol. The lowest BCUT2D eigenvalue weighted by Gasteiger charge is -2.11. The van der Waals surface area contributed by atoms with E-state index in [1.807, 2.05) is 18.2 Å². The second-order valence-electron chi connectivity index (χ2n) is 6.75. The fourth-order valence-corrected chi connectivity index (χ4v) is 2.98. The summed E-state index contributed by atoms with van der Waals surface area (Å²) in [4.78, 5) is 35.4. The standard InChI is InChI=1S/C21H22N2O5/c1-13(21(26)27)22-19(24)14-5-7-18(8-6-14)23-20(25)16-4-2-3-15(11-16)17-9-10-28-12-17/h2-8,11,13,17H,9-10,12H2,1H3,(H,22,24)(H,23,25)(H,26,27). The van der Waals surface area contributed by atoms with Gasteiger partial charge in [0.1, 0.15) is 6.04 Å². The van der Waals surface area contributed by atoms with Gasteiger partial charge in [-0.05, 0) is 55.3 Å². The molecule has 3 N–H and O–H groups in total. The van der Waals surface area contributed by atoms with Crippen LogP contribution in [0.3, 0.4) is 0 Å². The van der Waals surface area contributed by atoms with Crippen molar-refractivity contribution in [1.29, 1.82) is 0 Å². The smallest absolute Gasteiger partial charge is 0.325 e. The number of nitrogens with one attached hydrogen (secondary N) is 2. The fourth-order valence-electron chi connectivity index (χ4n) is 2.98. The molecule has 28 heavy (non-hydrogen) atoms. The van der Waals surface area contributed by atoms with Gasteiger partial charge in [0, 0.05) is 29.3 Å². The van der Waals surface area contributed by atoms with Gasteiger partial charge in [-0.3, -0.25) is 14.4 Å². The lowest BCUT2D eigenvalue weighted by molar-refractivity contribution is -0.138. The van der Waals surface area contributed by atoms with Crippen LogP contribution in [-0.4, -0.2) is 42.1 Å². The van der Waals surface area contributed by atoms with E-state index < -0.39 is 17.9 Å². The molecule has 1 aliphatic heterocycles. The van der Waals surface area contributed by atoms with E-state index in [4.69, 9.17) is 9.84 Å². The third kappa shape index (κ3) is 4.75. The summed E-state index contributed by atoms with van der Waals surface area (Å²) in [6.45, 7) is 2.81. The maximum absolute atomic E-state index is 12.5. The normalized spacial score (nSPS) is 17.0. The molecule has 2 amide bonds. The summed E-state index contributed by atoms with van der Waals surface area (Å²) in [7, 11) is 0. The Labute approximate surface area is 162 Å². The number of aliphatic carboxylic acids is 1. The Morgan fingerprint density at radius 2 is 1.82 bits per heavy atom. The molecule has 0 aromatic heterocycles. The van der Waals surface area contributed by atoms with Crippen molar-refractivity contribution in [2.45, 2.75) is 25.3 Å². The van der Waals surface area contributed by atoms with Gasteiger partial charge in [-0.25, -0.2) is 0 Å². The van der Waals surface area contributed by atoms with Crippen LogP contribution in [0, 0.1) is 0 Å². The first-order chi connectivity index (χ1) is 13.4. The van der Waals surface area contributed by atoms with E-state index in [1.54, 1.807) is 18.2 Å². The van der Waals surface area contributed by atoms with Gasteiger partial charge in [-0.1, -0.05) is 12.1 Å². The first-order valence-electron chi connectivity index (χ1n) is 9.07. The highest BCUT2D eigenvalue weighted by Gasteiger charge is 2.19. The summed E-state index contributed by atoms with van der Waals surface area (Å²) in [5, 5.41) is 14.0. The zero-order chi connectivity index (χ0) is 20.1. The summed E-state index contributed by atoms with van der Waals surface area (Å²) < 4.78 is 5.41. The van der Waals surface area contributed by atoms with Crippen molar-refractivity contribution >= 4 is 23.5 Å². The molecule has 0 spiro atoms. The number of hydrogen-bond acceptors (Lipinski definition) is 4. The summed E-state index contributed by atoms with van der Waals surface area (Å²) >= 11 is 0. The van der Waals surface area contributed by atoms with Crippen LogP contribution in [0.1, 0.15) is 45.5 Å². The number of ether oxygens (including phenoxy) is 1. The zero-order valence-corrected chi connectivity index (χ0v) is 15.5. The Hall–Kier alpha value is -3.19. The van der Waals surface area contributed by atoms with Gasteiger partial charge in [-0.15, -0.1) is 0 Å². The lowest BCUT2D eigenvalue weighted by atomic mass is 9.96. The molecule has 146 valence electrons. The van der Waals surface area contributed by atoms with Crippen molar-refractivity contribution in [2.75, 3.05) is 18.5 Å². The number of carboxylic acid groups (broad SMARTS) is 1. The Morgan fingerprint density at radius 1 is 1.07 bits per heavy atom. The molecule has 1 heterocycles. The average molecular weight is 382 g/mol. The van der Waals surface area contributed by atoms with Crippen LogP contribution in [0.2, 0.25) is 0 Å². The highest BCUT2D eigenvalue weighted by Crippen LogP contribution is 2.26. The summed E-state index contributed by atoms with van der Waals surface area (Å²) in [5.41, 5.74) is 2.50. The Kier molecular flexibility index (Phi) is 6.06. The molecule has 2 atom stereocenters. The third-order valence-electron chi connectivity index (χ3n) is 4.67. The molecule has 0 aliphatic carbocycles. The van der Waals surface area contributed by atoms with Crippen LogP contribution in [0.25, 0.3) is 0 Å². The van der Waals surface area contributed by atoms with Gasteiger partial charge in [0.05, 0.1) is 6.61 Å². The van der Waals surface area contributed by atoms with Crippen LogP contribution in [-0.2, 0) is 9.53 Å². The average Bonchev–Trinajstić information content (AvgIpc) is 3.23. The van der Waals surface area contributed by atoms with Crippen molar-refractivity contribution in [3.63, 3.8) is 0 Å². The lowest BCUT2D eigenvalue weighted by Crippen LogP contribution is -2.38. The Morgan fingerprint density at radius 3 is 2.46 bits per heavy atom. The van der Waals surface area contributed by atoms with E-state index in [0.29, 0.717) is 29.3 Å². The number of hydrogen-bond donors (Lipinski definition) is 3. The topological polar surface area (TPSA) is 105 Å². The van der Waals surface area contributed by atoms with Crippen molar-refractivity contribution in [1.82, 2.24) is 5.32 Å². The van der Waals surface area contributed by atoms with Crippen molar-refractivity contribution in [3.05, 3.63) is 65.2 Å². The van der Waals surface area contributed by atoms with Gasteiger partial charge in [-0.2, -0.15) is 0 Å². The summed E-state index contributed by atoms with van der Waals surface area (Å²) in [5.74, 6) is -1.51. The van der Waals surface area contributed by atoms with Gasteiger partial charge in [0.25, 0.3) is 11.8 Å². The number of amides is 2. The minimum absolute atomic E-state index is 0.238. The summed E-state index contributed by atoms with van der Waals surface area (Å²) in [6, 6.07) is 12.8. The van der Waals surface area contributed by atoms with Crippen LogP contribution in [0.4, 0.5) is 5.69 Å². The number of carboxylic acids is 1. The molecule has 7 nitrogen and oxygen atoms in total. The first-order valence-corrected chi connectivity index (χ1v) is 9.07. The minimum Gasteiger partial charge on any atom is -0.480 e. The zero-order valence-electron chi connectivity index (χ0n) is 15.5. The molecule has 0 saturated carbocycles. The van der Waals surface area contributed by atoms with Crippen molar-refractivity contribution in [3.8, 4) is 0 Å². The maximum atomic E-state index is 12.5. The Balaban J connectivity index is 1.64. The predicted molar refractivity (Wildman–Crippen MR) is 104 cm³/mol. The SMILES string of the molecule is CC(NC(=O)c1ccc(NC(=O)c2cccc(C3CCOC3)c2)cc1)C(=O)O. The number of carbonyl (C=O) groups excluding carboxylic acids is 2. The molecule has 0 bridgehead atoms. The number of carbonyl (C=O) groups is 3. The van der Waals surface area contributed by atoms with E-state index in [1.165, 1.54) is 19.1 Å². The van der Waals surface area contributed by atoms with Crippen LogP contribution in [0.15, 0.2) is 48.5 Å². The molecule has 3 rings (SSSR count). The highest BCUT2D eigenvalue weighted by atomic mass is 16.5. The van der Waals surface area contributed by atoms with Crippen LogP contribution < -0.4 is 10.6 Å². The van der Waals surface area contributed by atoms with Gasteiger partial charge in [0.15, 0.2) is 0 Å². The number of rotatable bonds is 6. The largest absolute Gasteiger partial charge is 0.480 e. The van der Waals surface area contributed by atoms with Crippen molar-refractivity contribution in [2.24, 2.45) is 0 Å². The van der Waals surface area contributed by atoms with E-state index in [2.05, 4.69) is 10.6 Å². The monoisotopic (exact) mass is 382 g/mol. The molecular formula is C21H22N2O5. The third-order valence-corrected chi connectivity index (χ3v) is 4.67. The van der Waals surface area contributed by atoms with E-state index in [0.717, 1.165) is 18.6 Å². The van der Waals surface area contributed by atoms with Crippen LogP contribution >= 0.6 is 0 Å². The van der Waals surface area contributed by atoms with E-state index >= 15 is 0 Å². The molecule has 2 unspecified atom stereocenters. The maximum Gasteiger partial charge on any atom is 0.325 e. The molecule has 0 radical (unpaired) electrons. The quantitative estimate of drug-likeness (QED) is 0.712. The van der Waals surface area contributed by atoms with Gasteiger partial charge < -0.3 is 20.5 Å². The highest BCUT2D eigenvalue weighted by molar-refractivity contribution is 6.04.